The predicted octanol–water partition coefficient (Wildman–Crippen LogP) is 5.74. The van der Waals surface area contributed by atoms with Crippen LogP contribution in [0.5, 0.6) is 0 Å². The molecule has 0 aliphatic carbocycles. The Morgan fingerprint density at radius 3 is 2.10 bits per heavy atom. The van der Waals surface area contributed by atoms with Crippen molar-refractivity contribution in [3.63, 3.8) is 0 Å². The van der Waals surface area contributed by atoms with Crippen LogP contribution in [-0.4, -0.2) is 40.4 Å². The number of anilines is 1. The Bertz CT molecular complexity index is 1650. The lowest BCUT2D eigenvalue weighted by Gasteiger charge is -2.33. The Morgan fingerprint density at radius 1 is 0.780 bits per heavy atom. The summed E-state index contributed by atoms with van der Waals surface area (Å²) in [4.78, 5) is 56.9. The van der Waals surface area contributed by atoms with Crippen LogP contribution >= 0.6 is 11.6 Å². The molecule has 206 valence electrons. The number of carbonyl (C=O) groups is 4. The lowest BCUT2D eigenvalue weighted by Crippen LogP contribution is -2.46. The lowest BCUT2D eigenvalue weighted by atomic mass is 9.85. The second-order valence-corrected chi connectivity index (χ2v) is 10.4. The molecule has 0 unspecified atom stereocenters. The number of allylic oxidation sites excluding steroid dienone is 2. The summed E-state index contributed by atoms with van der Waals surface area (Å²) in [6.45, 7) is 0. The highest BCUT2D eigenvalue weighted by Gasteiger charge is 2.64. The number of halogens is 4. The molecule has 2 fully saturated rings. The molecule has 0 bridgehead atoms. The van der Waals surface area contributed by atoms with Crippen LogP contribution in [0.3, 0.4) is 0 Å². The number of Topliss-reactive ketones (excluding diaryl/α,β-unsaturated/α-hetero) is 2. The van der Waals surface area contributed by atoms with Crippen LogP contribution < -0.4 is 4.90 Å². The zero-order chi connectivity index (χ0) is 29.1. The molecule has 3 aromatic rings. The monoisotopic (exact) mass is 576 g/mol. The summed E-state index contributed by atoms with van der Waals surface area (Å²) in [5.41, 5.74) is -0.876. The van der Waals surface area contributed by atoms with E-state index in [4.69, 9.17) is 11.6 Å². The smallest absolute Gasteiger partial charge is 0.359 e. The first-order chi connectivity index (χ1) is 19.6. The van der Waals surface area contributed by atoms with Crippen LogP contribution in [-0.2, 0) is 15.8 Å². The van der Waals surface area contributed by atoms with E-state index in [1.807, 2.05) is 0 Å². The molecule has 10 heteroatoms. The SMILES string of the molecule is O=C(C1=C[C@@H]2[C@@H]3C(=O)N(c4ccccc4C(F)(F)F)C(=O)[C@H]3[C@@H](C(=O)c3ccc(Cl)cc3)N2C=C1)c1ccccc1. The second-order valence-electron chi connectivity index (χ2n) is 9.97. The first kappa shape index (κ1) is 26.7. The fourth-order valence-corrected chi connectivity index (χ4v) is 6.01. The molecular weight excluding hydrogens is 557 g/mol. The van der Waals surface area contributed by atoms with E-state index in [1.165, 1.54) is 54.8 Å². The van der Waals surface area contributed by atoms with Gasteiger partial charge in [-0.25, -0.2) is 4.90 Å². The summed E-state index contributed by atoms with van der Waals surface area (Å²) in [5.74, 6) is -5.09. The molecule has 6 rings (SSSR count). The van der Waals surface area contributed by atoms with E-state index in [0.717, 1.165) is 12.1 Å². The number of hydrogen-bond donors (Lipinski definition) is 0. The minimum Gasteiger partial charge on any atom is -0.359 e. The van der Waals surface area contributed by atoms with Crippen LogP contribution in [0.2, 0.25) is 5.02 Å². The van der Waals surface area contributed by atoms with Crippen LogP contribution in [0.1, 0.15) is 26.3 Å². The Kier molecular flexibility index (Phi) is 6.42. The van der Waals surface area contributed by atoms with Gasteiger partial charge in [0.2, 0.25) is 11.8 Å². The van der Waals surface area contributed by atoms with Crippen molar-refractivity contribution >= 4 is 40.7 Å². The zero-order valence-electron chi connectivity index (χ0n) is 21.1. The molecule has 0 aromatic heterocycles. The molecule has 3 aromatic carbocycles. The van der Waals surface area contributed by atoms with Gasteiger partial charge in [0, 0.05) is 27.9 Å². The maximum absolute atomic E-state index is 13.9. The number of rotatable bonds is 5. The molecule has 3 aliphatic rings. The fourth-order valence-electron chi connectivity index (χ4n) is 5.88. The van der Waals surface area contributed by atoms with Crippen molar-refractivity contribution in [2.24, 2.45) is 11.8 Å². The molecule has 0 radical (unpaired) electrons. The molecule has 2 amide bonds. The lowest BCUT2D eigenvalue weighted by molar-refractivity contribution is -0.137. The molecule has 0 spiro atoms. The Balaban J connectivity index is 1.46. The van der Waals surface area contributed by atoms with Crippen LogP contribution in [0.15, 0.2) is 103 Å². The minimum absolute atomic E-state index is 0.219. The summed E-state index contributed by atoms with van der Waals surface area (Å²) in [6.07, 6.45) is -0.290. The van der Waals surface area contributed by atoms with E-state index >= 15 is 0 Å². The molecule has 6 nitrogen and oxygen atoms in total. The Morgan fingerprint density at radius 2 is 1.41 bits per heavy atom. The third-order valence-electron chi connectivity index (χ3n) is 7.69. The predicted molar refractivity (Wildman–Crippen MR) is 144 cm³/mol. The molecule has 0 saturated carbocycles. The number of benzene rings is 3. The van der Waals surface area contributed by atoms with Gasteiger partial charge >= 0.3 is 6.18 Å². The van der Waals surface area contributed by atoms with Gasteiger partial charge in [-0.1, -0.05) is 60.1 Å². The highest BCUT2D eigenvalue weighted by molar-refractivity contribution is 6.30. The quantitative estimate of drug-likeness (QED) is 0.286. The number of hydrogen-bond acceptors (Lipinski definition) is 5. The minimum atomic E-state index is -4.83. The van der Waals surface area contributed by atoms with E-state index in [1.54, 1.807) is 35.2 Å². The molecule has 4 atom stereocenters. The van der Waals surface area contributed by atoms with E-state index in [9.17, 15) is 32.3 Å². The van der Waals surface area contributed by atoms with E-state index < -0.39 is 58.9 Å². The van der Waals surface area contributed by atoms with Gasteiger partial charge in [0.25, 0.3) is 0 Å². The average Bonchev–Trinajstić information content (AvgIpc) is 3.44. The summed E-state index contributed by atoms with van der Waals surface area (Å²) in [7, 11) is 0. The van der Waals surface area contributed by atoms with Crippen molar-refractivity contribution in [1.29, 1.82) is 0 Å². The summed E-state index contributed by atoms with van der Waals surface area (Å²) >= 11 is 5.98. The molecule has 3 aliphatic heterocycles. The van der Waals surface area contributed by atoms with Crippen molar-refractivity contribution in [3.05, 3.63) is 125 Å². The van der Waals surface area contributed by atoms with E-state index in [0.29, 0.717) is 15.5 Å². The summed E-state index contributed by atoms with van der Waals surface area (Å²) < 4.78 is 41.7. The zero-order valence-corrected chi connectivity index (χ0v) is 21.8. The van der Waals surface area contributed by atoms with Crippen LogP contribution in [0, 0.1) is 11.8 Å². The first-order valence-electron chi connectivity index (χ1n) is 12.7. The van der Waals surface area contributed by atoms with Gasteiger partial charge in [-0.05, 0) is 42.5 Å². The highest BCUT2D eigenvalue weighted by atomic mass is 35.5. The number of ketones is 2. The molecule has 2 saturated heterocycles. The summed E-state index contributed by atoms with van der Waals surface area (Å²) in [5, 5.41) is 0.385. The summed E-state index contributed by atoms with van der Waals surface area (Å²) in [6, 6.07) is 16.6. The first-order valence-corrected chi connectivity index (χ1v) is 13.1. The maximum atomic E-state index is 13.9. The van der Waals surface area contributed by atoms with Gasteiger partial charge < -0.3 is 4.90 Å². The van der Waals surface area contributed by atoms with E-state index in [2.05, 4.69) is 0 Å². The topological polar surface area (TPSA) is 74.8 Å². The number of amides is 2. The number of fused-ring (bicyclic) bond motifs is 3. The highest BCUT2D eigenvalue weighted by Crippen LogP contribution is 2.49. The third-order valence-corrected chi connectivity index (χ3v) is 7.95. The van der Waals surface area contributed by atoms with Gasteiger partial charge in [0.05, 0.1) is 29.1 Å². The van der Waals surface area contributed by atoms with Gasteiger partial charge in [-0.2, -0.15) is 13.2 Å². The third kappa shape index (κ3) is 4.37. The maximum Gasteiger partial charge on any atom is 0.418 e. The fraction of sp³-hybridized carbons (Fsp3) is 0.161. The van der Waals surface area contributed by atoms with Crippen molar-refractivity contribution < 1.29 is 32.3 Å². The Labute approximate surface area is 237 Å². The number of nitrogens with zero attached hydrogens (tertiary/aromatic N) is 2. The van der Waals surface area contributed by atoms with Crippen molar-refractivity contribution in [2.45, 2.75) is 18.3 Å². The number of carbonyl (C=O) groups excluding carboxylic acids is 4. The number of alkyl halides is 3. The van der Waals surface area contributed by atoms with Gasteiger partial charge in [-0.15, -0.1) is 0 Å². The van der Waals surface area contributed by atoms with Gasteiger partial charge in [0.15, 0.2) is 11.6 Å². The molecule has 3 heterocycles. The number of imide groups is 1. The number of para-hydroxylation sites is 1. The average molecular weight is 577 g/mol. The van der Waals surface area contributed by atoms with E-state index in [-0.39, 0.29) is 16.9 Å². The normalized spacial score (nSPS) is 23.4. The Hall–Kier alpha value is -4.50. The largest absolute Gasteiger partial charge is 0.418 e. The molecule has 41 heavy (non-hydrogen) atoms. The van der Waals surface area contributed by atoms with Crippen LogP contribution in [0.4, 0.5) is 18.9 Å². The molecular formula is C31H20ClF3N2O4. The van der Waals surface area contributed by atoms with Crippen LogP contribution in [0.25, 0.3) is 0 Å². The second kappa shape index (κ2) is 9.85. The standard InChI is InChI=1S/C31H20ClF3N2O4/c32-20-12-10-18(11-13-20)28(39)26-25-24(23-16-19(14-15-36(23)26)27(38)17-6-2-1-3-7-17)29(40)37(30(25)41)22-9-5-4-8-21(22)31(33,34)35/h1-16,23-26H/t23-,24+,25-,26+/m1/s1. The van der Waals surface area contributed by atoms with Gasteiger partial charge in [0.1, 0.15) is 6.04 Å². The molecule has 0 N–H and O–H groups in total. The van der Waals surface area contributed by atoms with Gasteiger partial charge in [-0.3, -0.25) is 19.2 Å². The van der Waals surface area contributed by atoms with Crippen molar-refractivity contribution in [2.75, 3.05) is 4.90 Å². The van der Waals surface area contributed by atoms with Crippen molar-refractivity contribution in [3.8, 4) is 0 Å². The van der Waals surface area contributed by atoms with Crippen molar-refractivity contribution in [1.82, 2.24) is 4.90 Å².